The van der Waals surface area contributed by atoms with E-state index in [0.717, 1.165) is 0 Å². The normalized spacial score (nSPS) is 12.1. The summed E-state index contributed by atoms with van der Waals surface area (Å²) in [4.78, 5) is 0. The molecule has 0 bridgehead atoms. The van der Waals surface area contributed by atoms with Gasteiger partial charge in [0.1, 0.15) is 11.9 Å². The van der Waals surface area contributed by atoms with E-state index in [9.17, 15) is 8.78 Å². The van der Waals surface area contributed by atoms with Gasteiger partial charge >= 0.3 is 0 Å². The summed E-state index contributed by atoms with van der Waals surface area (Å²) in [5, 5.41) is 8.15. The summed E-state index contributed by atoms with van der Waals surface area (Å²) >= 11 is 0. The van der Waals surface area contributed by atoms with Crippen LogP contribution in [0.5, 0.6) is 0 Å². The standard InChI is InChI=1S/C9H7F2N/c10-8-3-1-2-7(4-8)5-9(11)6-12/h1-4,9H,5H2. The highest BCUT2D eigenvalue weighted by molar-refractivity contribution is 5.18. The topological polar surface area (TPSA) is 23.8 Å². The number of nitriles is 1. The molecule has 1 atom stereocenters. The fraction of sp³-hybridized carbons (Fsp3) is 0.222. The molecule has 1 nitrogen and oxygen atoms in total. The molecule has 0 spiro atoms. The molecule has 0 heterocycles. The van der Waals surface area contributed by atoms with Gasteiger partial charge in [0.15, 0.2) is 6.17 Å². The smallest absolute Gasteiger partial charge is 0.190 e. The lowest BCUT2D eigenvalue weighted by Gasteiger charge is -1.99. The van der Waals surface area contributed by atoms with Crippen LogP contribution in [-0.2, 0) is 6.42 Å². The Morgan fingerprint density at radius 3 is 2.83 bits per heavy atom. The third kappa shape index (κ3) is 2.31. The Balaban J connectivity index is 2.71. The Kier molecular flexibility index (Phi) is 2.76. The van der Waals surface area contributed by atoms with Gasteiger partial charge in [0.05, 0.1) is 0 Å². The molecule has 12 heavy (non-hydrogen) atoms. The van der Waals surface area contributed by atoms with Crippen molar-refractivity contribution in [3.8, 4) is 6.07 Å². The van der Waals surface area contributed by atoms with Crippen LogP contribution in [0.4, 0.5) is 8.78 Å². The highest BCUT2D eigenvalue weighted by atomic mass is 19.1. The maximum atomic E-state index is 12.5. The SMILES string of the molecule is N#CC(F)Cc1cccc(F)c1. The van der Waals surface area contributed by atoms with Crippen molar-refractivity contribution >= 4 is 0 Å². The summed E-state index contributed by atoms with van der Waals surface area (Å²) in [6.45, 7) is 0. The Morgan fingerprint density at radius 1 is 1.50 bits per heavy atom. The number of alkyl halides is 1. The largest absolute Gasteiger partial charge is 0.231 e. The van der Waals surface area contributed by atoms with Crippen molar-refractivity contribution in [1.29, 1.82) is 5.26 Å². The summed E-state index contributed by atoms with van der Waals surface area (Å²) in [6.07, 6.45) is -1.60. The Bertz CT molecular complexity index is 304. The van der Waals surface area contributed by atoms with Crippen LogP contribution < -0.4 is 0 Å². The molecule has 0 aliphatic heterocycles. The molecular formula is C9H7F2N. The highest BCUT2D eigenvalue weighted by Gasteiger charge is 2.05. The minimum absolute atomic E-state index is 0.0474. The maximum Gasteiger partial charge on any atom is 0.190 e. The van der Waals surface area contributed by atoms with Gasteiger partial charge in [0, 0.05) is 6.42 Å². The molecule has 1 aromatic rings. The number of halogens is 2. The molecule has 0 amide bonds. The van der Waals surface area contributed by atoms with Gasteiger partial charge in [-0.25, -0.2) is 8.78 Å². The highest BCUT2D eigenvalue weighted by Crippen LogP contribution is 2.07. The van der Waals surface area contributed by atoms with E-state index in [1.54, 1.807) is 6.07 Å². The molecular weight excluding hydrogens is 160 g/mol. The number of hydrogen-bond donors (Lipinski definition) is 0. The van der Waals surface area contributed by atoms with Gasteiger partial charge in [-0.1, -0.05) is 12.1 Å². The zero-order valence-corrected chi connectivity index (χ0v) is 6.30. The fourth-order valence-corrected chi connectivity index (χ4v) is 0.917. The van der Waals surface area contributed by atoms with Crippen LogP contribution in [-0.4, -0.2) is 6.17 Å². The van der Waals surface area contributed by atoms with Crippen molar-refractivity contribution in [3.63, 3.8) is 0 Å². The Morgan fingerprint density at radius 2 is 2.25 bits per heavy atom. The van der Waals surface area contributed by atoms with Crippen molar-refractivity contribution in [3.05, 3.63) is 35.6 Å². The van der Waals surface area contributed by atoms with Crippen molar-refractivity contribution in [2.45, 2.75) is 12.6 Å². The second-order valence-electron chi connectivity index (χ2n) is 2.43. The molecule has 0 saturated carbocycles. The van der Waals surface area contributed by atoms with Crippen LogP contribution in [0.1, 0.15) is 5.56 Å². The summed E-state index contributed by atoms with van der Waals surface area (Å²) in [6, 6.07) is 7.04. The molecule has 1 rings (SSSR count). The number of benzene rings is 1. The Hall–Kier alpha value is -1.43. The molecule has 3 heteroatoms. The van der Waals surface area contributed by atoms with Crippen molar-refractivity contribution in [2.24, 2.45) is 0 Å². The van der Waals surface area contributed by atoms with Gasteiger partial charge in [-0.15, -0.1) is 0 Å². The lowest BCUT2D eigenvalue weighted by molar-refractivity contribution is 0.407. The van der Waals surface area contributed by atoms with Gasteiger partial charge in [0.25, 0.3) is 0 Å². The molecule has 0 saturated heterocycles. The van der Waals surface area contributed by atoms with Gasteiger partial charge in [0.2, 0.25) is 0 Å². The average molecular weight is 167 g/mol. The first-order valence-corrected chi connectivity index (χ1v) is 3.50. The van der Waals surface area contributed by atoms with Gasteiger partial charge in [-0.2, -0.15) is 5.26 Å². The lowest BCUT2D eigenvalue weighted by atomic mass is 10.1. The number of nitrogens with zero attached hydrogens (tertiary/aromatic N) is 1. The van der Waals surface area contributed by atoms with E-state index in [2.05, 4.69) is 0 Å². The molecule has 0 aliphatic rings. The van der Waals surface area contributed by atoms with Gasteiger partial charge < -0.3 is 0 Å². The monoisotopic (exact) mass is 167 g/mol. The summed E-state index contributed by atoms with van der Waals surface area (Å²) in [5.41, 5.74) is 0.504. The van der Waals surface area contributed by atoms with Crippen LogP contribution in [0, 0.1) is 17.1 Å². The zero-order chi connectivity index (χ0) is 8.97. The van der Waals surface area contributed by atoms with Crippen LogP contribution in [0.15, 0.2) is 24.3 Å². The summed E-state index contributed by atoms with van der Waals surface area (Å²) in [7, 11) is 0. The zero-order valence-electron chi connectivity index (χ0n) is 6.30. The van der Waals surface area contributed by atoms with Gasteiger partial charge in [-0.3, -0.25) is 0 Å². The predicted molar refractivity (Wildman–Crippen MR) is 40.6 cm³/mol. The first-order chi connectivity index (χ1) is 5.72. The Labute approximate surface area is 69.2 Å². The molecule has 0 fully saturated rings. The molecule has 0 aliphatic carbocycles. The minimum Gasteiger partial charge on any atom is -0.231 e. The third-order valence-corrected chi connectivity index (χ3v) is 1.44. The molecule has 1 unspecified atom stereocenters. The quantitative estimate of drug-likeness (QED) is 0.662. The van der Waals surface area contributed by atoms with E-state index in [-0.39, 0.29) is 6.42 Å². The van der Waals surface area contributed by atoms with Crippen molar-refractivity contribution < 1.29 is 8.78 Å². The summed E-state index contributed by atoms with van der Waals surface area (Å²) in [5.74, 6) is -0.405. The minimum atomic E-state index is -1.55. The molecule has 0 N–H and O–H groups in total. The van der Waals surface area contributed by atoms with Crippen molar-refractivity contribution in [2.75, 3.05) is 0 Å². The van der Waals surface area contributed by atoms with Crippen LogP contribution in [0.2, 0.25) is 0 Å². The average Bonchev–Trinajstić information content (AvgIpc) is 2.04. The third-order valence-electron chi connectivity index (χ3n) is 1.44. The second kappa shape index (κ2) is 3.82. The second-order valence-corrected chi connectivity index (χ2v) is 2.43. The van der Waals surface area contributed by atoms with E-state index in [0.29, 0.717) is 5.56 Å². The maximum absolute atomic E-state index is 12.5. The van der Waals surface area contributed by atoms with E-state index < -0.39 is 12.0 Å². The first-order valence-electron chi connectivity index (χ1n) is 3.50. The van der Waals surface area contributed by atoms with Gasteiger partial charge in [-0.05, 0) is 17.7 Å². The van der Waals surface area contributed by atoms with E-state index in [1.165, 1.54) is 24.3 Å². The first kappa shape index (κ1) is 8.66. The number of rotatable bonds is 2. The summed E-state index contributed by atoms with van der Waals surface area (Å²) < 4.78 is 25.0. The number of hydrogen-bond acceptors (Lipinski definition) is 1. The predicted octanol–water partition coefficient (Wildman–Crippen LogP) is 2.23. The van der Waals surface area contributed by atoms with E-state index >= 15 is 0 Å². The van der Waals surface area contributed by atoms with E-state index in [1.807, 2.05) is 0 Å². The van der Waals surface area contributed by atoms with E-state index in [4.69, 9.17) is 5.26 Å². The molecule has 0 aromatic heterocycles. The van der Waals surface area contributed by atoms with Crippen LogP contribution in [0.3, 0.4) is 0 Å². The molecule has 62 valence electrons. The van der Waals surface area contributed by atoms with Crippen molar-refractivity contribution in [1.82, 2.24) is 0 Å². The molecule has 0 radical (unpaired) electrons. The lowest BCUT2D eigenvalue weighted by Crippen LogP contribution is -2.00. The molecule has 1 aromatic carbocycles. The van der Waals surface area contributed by atoms with Crippen LogP contribution >= 0.6 is 0 Å². The van der Waals surface area contributed by atoms with Crippen LogP contribution in [0.25, 0.3) is 0 Å². The fourth-order valence-electron chi connectivity index (χ4n) is 0.917.